The Morgan fingerprint density at radius 2 is 2.00 bits per heavy atom. The molecule has 1 aliphatic rings. The van der Waals surface area contributed by atoms with Crippen LogP contribution in [0.15, 0.2) is 24.3 Å². The van der Waals surface area contributed by atoms with Gasteiger partial charge in [0.1, 0.15) is 0 Å². The molecule has 20 heavy (non-hydrogen) atoms. The fourth-order valence-electron chi connectivity index (χ4n) is 3.40. The first-order valence-electron chi connectivity index (χ1n) is 7.61. The Labute approximate surface area is 130 Å². The fraction of sp³-hybridized carbons (Fsp3) is 0.529. The smallest absolute Gasteiger partial charge is 0.0636 e. The maximum absolute atomic E-state index is 6.49. The van der Waals surface area contributed by atoms with E-state index in [4.69, 9.17) is 11.6 Å². The zero-order valence-electron chi connectivity index (χ0n) is 12.0. The molecule has 0 amide bonds. The van der Waals surface area contributed by atoms with Crippen molar-refractivity contribution in [1.29, 1.82) is 0 Å². The van der Waals surface area contributed by atoms with Crippen molar-refractivity contribution in [3.8, 4) is 0 Å². The van der Waals surface area contributed by atoms with Gasteiger partial charge in [-0.2, -0.15) is 0 Å². The van der Waals surface area contributed by atoms with Gasteiger partial charge in [0, 0.05) is 28.1 Å². The highest BCUT2D eigenvalue weighted by atomic mass is 35.5. The van der Waals surface area contributed by atoms with E-state index in [0.717, 1.165) is 18.1 Å². The fourth-order valence-corrected chi connectivity index (χ4v) is 4.87. The highest BCUT2D eigenvalue weighted by molar-refractivity contribution is 7.19. The van der Waals surface area contributed by atoms with Crippen molar-refractivity contribution in [2.75, 3.05) is 6.54 Å². The van der Waals surface area contributed by atoms with Gasteiger partial charge in [-0.3, -0.25) is 0 Å². The van der Waals surface area contributed by atoms with Crippen LogP contribution in [0.1, 0.15) is 43.9 Å². The lowest BCUT2D eigenvalue weighted by Crippen LogP contribution is -2.31. The van der Waals surface area contributed by atoms with E-state index in [2.05, 4.69) is 36.5 Å². The van der Waals surface area contributed by atoms with E-state index in [1.807, 2.05) is 11.3 Å². The minimum Gasteiger partial charge on any atom is -0.311 e. The minimum absolute atomic E-state index is 0.545. The number of benzene rings is 1. The first-order valence-corrected chi connectivity index (χ1v) is 8.80. The van der Waals surface area contributed by atoms with Gasteiger partial charge >= 0.3 is 0 Å². The number of halogens is 1. The monoisotopic (exact) mass is 307 g/mol. The van der Waals surface area contributed by atoms with Crippen molar-refractivity contribution in [3.05, 3.63) is 34.2 Å². The third-order valence-corrected chi connectivity index (χ3v) is 6.52. The van der Waals surface area contributed by atoms with Crippen molar-refractivity contribution in [1.82, 2.24) is 5.32 Å². The van der Waals surface area contributed by atoms with Gasteiger partial charge in [-0.15, -0.1) is 11.3 Å². The molecule has 1 aromatic heterocycles. The van der Waals surface area contributed by atoms with Crippen LogP contribution in [0, 0.1) is 5.41 Å². The van der Waals surface area contributed by atoms with E-state index in [0.29, 0.717) is 5.41 Å². The van der Waals surface area contributed by atoms with Crippen LogP contribution < -0.4 is 5.32 Å². The van der Waals surface area contributed by atoms with Crippen LogP contribution in [0.3, 0.4) is 0 Å². The molecule has 0 spiro atoms. The van der Waals surface area contributed by atoms with Crippen LogP contribution in [0.4, 0.5) is 0 Å². The molecule has 3 heteroatoms. The van der Waals surface area contributed by atoms with Gasteiger partial charge in [-0.25, -0.2) is 0 Å². The molecule has 1 fully saturated rings. The van der Waals surface area contributed by atoms with Crippen LogP contribution >= 0.6 is 22.9 Å². The summed E-state index contributed by atoms with van der Waals surface area (Å²) in [5, 5.41) is 5.80. The van der Waals surface area contributed by atoms with Crippen LogP contribution in [0.5, 0.6) is 0 Å². The largest absolute Gasteiger partial charge is 0.311 e. The molecular formula is C17H22ClNS. The standard InChI is InChI=1S/C17H22ClNS/c1-2-17(9-5-6-10-17)12-19-11-15-16(18)13-7-3-4-8-14(13)20-15/h3-4,7-8,19H,2,5-6,9-12H2,1H3. The number of fused-ring (bicyclic) bond motifs is 1. The summed E-state index contributed by atoms with van der Waals surface area (Å²) in [7, 11) is 0. The van der Waals surface area contributed by atoms with Crippen LogP contribution in [-0.4, -0.2) is 6.54 Å². The first kappa shape index (κ1) is 14.4. The molecule has 1 saturated carbocycles. The lowest BCUT2D eigenvalue weighted by Gasteiger charge is -2.27. The van der Waals surface area contributed by atoms with E-state index in [1.165, 1.54) is 47.1 Å². The molecule has 3 rings (SSSR count). The molecule has 1 nitrogen and oxygen atoms in total. The minimum atomic E-state index is 0.545. The molecule has 1 aromatic carbocycles. The van der Waals surface area contributed by atoms with Crippen molar-refractivity contribution in [2.45, 2.75) is 45.6 Å². The van der Waals surface area contributed by atoms with Crippen molar-refractivity contribution < 1.29 is 0 Å². The zero-order chi connectivity index (χ0) is 14.0. The van der Waals surface area contributed by atoms with Crippen molar-refractivity contribution >= 4 is 33.0 Å². The van der Waals surface area contributed by atoms with Gasteiger partial charge in [-0.1, -0.05) is 49.6 Å². The predicted molar refractivity (Wildman–Crippen MR) is 89.7 cm³/mol. The number of hydrogen-bond donors (Lipinski definition) is 1. The van der Waals surface area contributed by atoms with Crippen LogP contribution in [-0.2, 0) is 6.54 Å². The Morgan fingerprint density at radius 3 is 2.70 bits per heavy atom. The number of rotatable bonds is 5. The van der Waals surface area contributed by atoms with E-state index in [1.54, 1.807) is 0 Å². The molecular weight excluding hydrogens is 286 g/mol. The van der Waals surface area contributed by atoms with Crippen molar-refractivity contribution in [3.63, 3.8) is 0 Å². The Morgan fingerprint density at radius 1 is 1.25 bits per heavy atom. The lowest BCUT2D eigenvalue weighted by atomic mass is 9.83. The Balaban J connectivity index is 1.66. The Kier molecular flexibility index (Phi) is 4.34. The maximum Gasteiger partial charge on any atom is 0.0636 e. The molecule has 1 heterocycles. The third kappa shape index (κ3) is 2.74. The molecule has 1 N–H and O–H groups in total. The molecule has 0 bridgehead atoms. The molecule has 0 saturated heterocycles. The van der Waals surface area contributed by atoms with Gasteiger partial charge in [-0.05, 0) is 30.7 Å². The molecule has 108 valence electrons. The zero-order valence-corrected chi connectivity index (χ0v) is 13.6. The van der Waals surface area contributed by atoms with Gasteiger partial charge in [0.15, 0.2) is 0 Å². The SMILES string of the molecule is CCC1(CNCc2sc3ccccc3c2Cl)CCCC1. The third-order valence-electron chi connectivity index (χ3n) is 4.80. The summed E-state index contributed by atoms with van der Waals surface area (Å²) in [6, 6.07) is 8.40. The van der Waals surface area contributed by atoms with E-state index in [9.17, 15) is 0 Å². The average molecular weight is 308 g/mol. The second-order valence-corrected chi connectivity index (χ2v) is 7.51. The number of nitrogens with one attached hydrogen (secondary N) is 1. The normalized spacial score (nSPS) is 17.9. The summed E-state index contributed by atoms with van der Waals surface area (Å²) in [6.07, 6.45) is 6.87. The highest BCUT2D eigenvalue weighted by Gasteiger charge is 2.31. The Bertz CT molecular complexity index is 584. The van der Waals surface area contributed by atoms with Crippen LogP contribution in [0.25, 0.3) is 10.1 Å². The lowest BCUT2D eigenvalue weighted by molar-refractivity contribution is 0.268. The van der Waals surface area contributed by atoms with Gasteiger partial charge in [0.2, 0.25) is 0 Å². The second kappa shape index (κ2) is 6.05. The van der Waals surface area contributed by atoms with Gasteiger partial charge in [0.05, 0.1) is 5.02 Å². The summed E-state index contributed by atoms with van der Waals surface area (Å²) in [4.78, 5) is 1.28. The highest BCUT2D eigenvalue weighted by Crippen LogP contribution is 2.40. The molecule has 0 atom stereocenters. The molecule has 0 aliphatic heterocycles. The topological polar surface area (TPSA) is 12.0 Å². The average Bonchev–Trinajstić information content (AvgIpc) is 3.06. The molecule has 2 aromatic rings. The van der Waals surface area contributed by atoms with E-state index >= 15 is 0 Å². The van der Waals surface area contributed by atoms with Gasteiger partial charge in [0.25, 0.3) is 0 Å². The second-order valence-electron chi connectivity index (χ2n) is 6.00. The summed E-state index contributed by atoms with van der Waals surface area (Å²) >= 11 is 8.31. The summed E-state index contributed by atoms with van der Waals surface area (Å²) in [5.41, 5.74) is 0.545. The van der Waals surface area contributed by atoms with E-state index in [-0.39, 0.29) is 0 Å². The van der Waals surface area contributed by atoms with Gasteiger partial charge < -0.3 is 5.32 Å². The van der Waals surface area contributed by atoms with E-state index < -0.39 is 0 Å². The van der Waals surface area contributed by atoms with Crippen molar-refractivity contribution in [2.24, 2.45) is 5.41 Å². The summed E-state index contributed by atoms with van der Waals surface area (Å²) in [6.45, 7) is 4.37. The first-order chi connectivity index (χ1) is 9.74. The Hall–Kier alpha value is -0.570. The molecule has 1 aliphatic carbocycles. The maximum atomic E-state index is 6.49. The summed E-state index contributed by atoms with van der Waals surface area (Å²) in [5.74, 6) is 0. The quantitative estimate of drug-likeness (QED) is 0.756. The molecule has 0 radical (unpaired) electrons. The van der Waals surface area contributed by atoms with Crippen LogP contribution in [0.2, 0.25) is 5.02 Å². The number of thiophene rings is 1. The molecule has 0 unspecified atom stereocenters. The number of hydrogen-bond acceptors (Lipinski definition) is 2. The predicted octanol–water partition coefficient (Wildman–Crippen LogP) is 5.61. The summed E-state index contributed by atoms with van der Waals surface area (Å²) < 4.78 is 1.29.